The number of ether oxygens (including phenoxy) is 1. The summed E-state index contributed by atoms with van der Waals surface area (Å²) < 4.78 is 5.93. The minimum atomic E-state index is -0.817. The summed E-state index contributed by atoms with van der Waals surface area (Å²) in [6.45, 7) is 6.34. The van der Waals surface area contributed by atoms with Crippen molar-refractivity contribution in [2.75, 3.05) is 6.61 Å². The van der Waals surface area contributed by atoms with Crippen molar-refractivity contribution < 1.29 is 24.5 Å². The van der Waals surface area contributed by atoms with Crippen molar-refractivity contribution >= 4 is 11.9 Å². The molecule has 0 saturated carbocycles. The van der Waals surface area contributed by atoms with Crippen molar-refractivity contribution in [3.8, 4) is 0 Å². The summed E-state index contributed by atoms with van der Waals surface area (Å²) in [5, 5.41) is 23.9. The number of hydrogen-bond donors (Lipinski definition) is 3. The van der Waals surface area contributed by atoms with Gasteiger partial charge in [-0.3, -0.25) is 9.59 Å². The maximum Gasteiger partial charge on any atom is 0.306 e. The first kappa shape index (κ1) is 68.5. The molecule has 0 spiro atoms. The van der Waals surface area contributed by atoms with Crippen LogP contribution in [-0.2, 0) is 14.3 Å². The first-order valence-corrected chi connectivity index (χ1v) is 30.1. The van der Waals surface area contributed by atoms with E-state index in [4.69, 9.17) is 4.74 Å². The highest BCUT2D eigenvalue weighted by molar-refractivity contribution is 5.77. The summed E-state index contributed by atoms with van der Waals surface area (Å²) in [5.41, 5.74) is 0. The van der Waals surface area contributed by atoms with E-state index in [2.05, 4.69) is 135 Å². The Morgan fingerprint density at radius 1 is 0.417 bits per heavy atom. The van der Waals surface area contributed by atoms with Gasteiger partial charge in [-0.25, -0.2) is 0 Å². The van der Waals surface area contributed by atoms with Gasteiger partial charge in [0.1, 0.15) is 6.10 Å². The molecule has 72 heavy (non-hydrogen) atoms. The Morgan fingerprint density at radius 2 is 0.764 bits per heavy atom. The van der Waals surface area contributed by atoms with Gasteiger partial charge in [-0.15, -0.1) is 0 Å². The lowest BCUT2D eigenvalue weighted by molar-refractivity contribution is -0.151. The van der Waals surface area contributed by atoms with Crippen molar-refractivity contribution in [1.29, 1.82) is 0 Å². The molecule has 0 aromatic carbocycles. The third-order valence-electron chi connectivity index (χ3n) is 13.1. The molecular weight excluding hydrogens is 887 g/mol. The van der Waals surface area contributed by atoms with Crippen molar-refractivity contribution in [2.24, 2.45) is 0 Å². The van der Waals surface area contributed by atoms with Gasteiger partial charge in [0.05, 0.1) is 25.2 Å². The number of aliphatic hydroxyl groups is 2. The minimum absolute atomic E-state index is 0.0197. The summed E-state index contributed by atoms with van der Waals surface area (Å²) in [4.78, 5) is 26.3. The summed E-state index contributed by atoms with van der Waals surface area (Å²) in [6, 6.07) is -0.735. The van der Waals surface area contributed by atoms with Gasteiger partial charge in [-0.05, 0) is 109 Å². The van der Waals surface area contributed by atoms with Crippen molar-refractivity contribution in [1.82, 2.24) is 5.32 Å². The number of nitrogens with one attached hydrogen (secondary N) is 1. The Bertz CT molecular complexity index is 1450. The van der Waals surface area contributed by atoms with Crippen LogP contribution < -0.4 is 5.32 Å². The van der Waals surface area contributed by atoms with Crippen molar-refractivity contribution in [2.45, 2.75) is 289 Å². The van der Waals surface area contributed by atoms with Crippen LogP contribution in [0.5, 0.6) is 0 Å². The van der Waals surface area contributed by atoms with Gasteiger partial charge in [0.15, 0.2) is 0 Å². The van der Waals surface area contributed by atoms with E-state index >= 15 is 0 Å². The molecule has 0 heterocycles. The van der Waals surface area contributed by atoms with Gasteiger partial charge < -0.3 is 20.3 Å². The molecule has 0 aromatic rings. The van der Waals surface area contributed by atoms with Crippen LogP contribution in [0.25, 0.3) is 0 Å². The Morgan fingerprint density at radius 3 is 1.18 bits per heavy atom. The first-order chi connectivity index (χ1) is 35.5. The Balaban J connectivity index is 4.71. The maximum atomic E-state index is 13.3. The maximum absolute atomic E-state index is 13.3. The molecule has 0 aliphatic carbocycles. The fraction of sp³-hybridized carbons (Fsp3) is 0.697. The van der Waals surface area contributed by atoms with Gasteiger partial charge in [-0.1, -0.05) is 259 Å². The largest absolute Gasteiger partial charge is 0.462 e. The molecular formula is C66H113NO5. The predicted molar refractivity (Wildman–Crippen MR) is 314 cm³/mol. The van der Waals surface area contributed by atoms with E-state index in [9.17, 15) is 19.8 Å². The fourth-order valence-electron chi connectivity index (χ4n) is 8.56. The number of carbonyl (C=O) groups is 2. The topological polar surface area (TPSA) is 95.9 Å². The molecule has 0 fully saturated rings. The smallest absolute Gasteiger partial charge is 0.306 e. The molecule has 3 N–H and O–H groups in total. The summed E-state index contributed by atoms with van der Waals surface area (Å²) in [5.74, 6) is -0.569. The minimum Gasteiger partial charge on any atom is -0.462 e. The van der Waals surface area contributed by atoms with Gasteiger partial charge >= 0.3 is 5.97 Å². The quantitative estimate of drug-likeness (QED) is 0.0321. The van der Waals surface area contributed by atoms with E-state index in [0.717, 1.165) is 109 Å². The van der Waals surface area contributed by atoms with Crippen LogP contribution in [0.1, 0.15) is 271 Å². The van der Waals surface area contributed by atoms with Crippen LogP contribution in [0.2, 0.25) is 0 Å². The number of aliphatic hydroxyl groups excluding tert-OH is 2. The zero-order valence-corrected chi connectivity index (χ0v) is 47.0. The van der Waals surface area contributed by atoms with E-state index in [1.54, 1.807) is 0 Å². The van der Waals surface area contributed by atoms with Gasteiger partial charge in [0, 0.05) is 6.42 Å². The van der Waals surface area contributed by atoms with Crippen LogP contribution in [0.3, 0.4) is 0 Å². The number of esters is 1. The lowest BCUT2D eigenvalue weighted by Crippen LogP contribution is -2.46. The standard InChI is InChI=1S/C66H113NO5/c1-4-7-10-13-16-19-22-25-28-31-32-35-38-41-44-47-50-53-56-59-66(71)72-62(57-54-51-48-45-42-39-36-33-29-26-23-20-17-14-11-8-5-2)60-65(70)67-63(61-68)64(69)58-55-52-49-46-43-40-37-34-30-27-24-21-18-15-12-9-6-3/h8,11,16-17,19-20,25-26,28-29,32,35-36,39,41,44-45,48,62-64,68-69H,4-7,9-10,12-15,18,21-24,27,30-31,33-34,37-38,40,42-43,46-47,49-61H2,1-3H3,(H,67,70)/b11-8-,19-16-,20-17-,28-25-,29-26-,35-32-,39-36-,44-41-,48-45-. The number of allylic oxidation sites excluding steroid dienone is 18. The molecule has 412 valence electrons. The molecule has 3 atom stereocenters. The number of amides is 1. The molecule has 0 saturated heterocycles. The summed E-state index contributed by atoms with van der Waals surface area (Å²) >= 11 is 0. The SMILES string of the molecule is CC/C=C\C/C=C\C/C=C\C/C=C\C/C=C\CCCC(CC(=O)NC(CO)C(O)CCCCCCCCCCCCCCCCCCC)OC(=O)CCCCC/C=C\C/C=C\C/C=C\C/C=C\CCCCC. The van der Waals surface area contributed by atoms with Gasteiger partial charge in [0.25, 0.3) is 0 Å². The first-order valence-electron chi connectivity index (χ1n) is 30.1. The lowest BCUT2D eigenvalue weighted by atomic mass is 10.0. The highest BCUT2D eigenvalue weighted by atomic mass is 16.5. The zero-order chi connectivity index (χ0) is 52.3. The summed E-state index contributed by atoms with van der Waals surface area (Å²) in [7, 11) is 0. The van der Waals surface area contributed by atoms with Gasteiger partial charge in [-0.2, -0.15) is 0 Å². The number of rotatable bonds is 53. The second-order valence-corrected chi connectivity index (χ2v) is 20.0. The van der Waals surface area contributed by atoms with E-state index < -0.39 is 18.2 Å². The second-order valence-electron chi connectivity index (χ2n) is 20.0. The van der Waals surface area contributed by atoms with E-state index in [0.29, 0.717) is 19.3 Å². The Hall–Kier alpha value is -3.48. The van der Waals surface area contributed by atoms with Crippen LogP contribution in [0.15, 0.2) is 109 Å². The molecule has 6 nitrogen and oxygen atoms in total. The average Bonchev–Trinajstić information content (AvgIpc) is 3.37. The number of hydrogen-bond acceptors (Lipinski definition) is 5. The average molecular weight is 1000 g/mol. The van der Waals surface area contributed by atoms with Crippen LogP contribution in [0, 0.1) is 0 Å². The second kappa shape index (κ2) is 58.4. The van der Waals surface area contributed by atoms with Crippen LogP contribution >= 0.6 is 0 Å². The zero-order valence-electron chi connectivity index (χ0n) is 47.0. The molecule has 0 aliphatic heterocycles. The Kier molecular flexibility index (Phi) is 55.6. The van der Waals surface area contributed by atoms with Crippen LogP contribution in [0.4, 0.5) is 0 Å². The van der Waals surface area contributed by atoms with Gasteiger partial charge in [0.2, 0.25) is 5.91 Å². The highest BCUT2D eigenvalue weighted by Crippen LogP contribution is 2.17. The highest BCUT2D eigenvalue weighted by Gasteiger charge is 2.24. The Labute approximate surface area is 445 Å². The summed E-state index contributed by atoms with van der Waals surface area (Å²) in [6.07, 6.45) is 80.1. The molecule has 6 heteroatoms. The molecule has 0 radical (unpaired) electrons. The number of carbonyl (C=O) groups excluding carboxylic acids is 2. The molecule has 1 amide bonds. The monoisotopic (exact) mass is 1000 g/mol. The fourth-order valence-corrected chi connectivity index (χ4v) is 8.56. The third-order valence-corrected chi connectivity index (χ3v) is 13.1. The lowest BCUT2D eigenvalue weighted by Gasteiger charge is -2.24. The molecule has 0 aliphatic rings. The normalized spacial score (nSPS) is 13.9. The van der Waals surface area contributed by atoms with Crippen LogP contribution in [-0.4, -0.2) is 46.9 Å². The van der Waals surface area contributed by atoms with E-state index in [-0.39, 0.29) is 24.9 Å². The molecule has 0 aromatic heterocycles. The molecule has 0 bridgehead atoms. The number of unbranched alkanes of at least 4 members (excludes halogenated alkanes) is 23. The molecule has 3 unspecified atom stereocenters. The van der Waals surface area contributed by atoms with Crippen molar-refractivity contribution in [3.05, 3.63) is 109 Å². The third kappa shape index (κ3) is 52.8. The molecule has 0 rings (SSSR count). The van der Waals surface area contributed by atoms with E-state index in [1.165, 1.54) is 116 Å². The van der Waals surface area contributed by atoms with E-state index in [1.807, 2.05) is 0 Å². The predicted octanol–water partition coefficient (Wildman–Crippen LogP) is 19.0. The van der Waals surface area contributed by atoms with Crippen molar-refractivity contribution in [3.63, 3.8) is 0 Å².